The summed E-state index contributed by atoms with van der Waals surface area (Å²) in [4.78, 5) is 22.7. The Labute approximate surface area is 367 Å². The van der Waals surface area contributed by atoms with Gasteiger partial charge in [-0.15, -0.1) is 0 Å². The number of ether oxygens (including phenoxy) is 2. The highest BCUT2D eigenvalue weighted by Crippen LogP contribution is 2.44. The Morgan fingerprint density at radius 1 is 0.934 bits per heavy atom. The number of aliphatic hydroxyl groups is 1. The van der Waals surface area contributed by atoms with Crippen molar-refractivity contribution in [2.75, 3.05) is 44.2 Å². The first kappa shape index (κ1) is 43.2. The van der Waals surface area contributed by atoms with Gasteiger partial charge in [0.25, 0.3) is 15.9 Å². The minimum Gasteiger partial charge on any atom is -0.492 e. The number of rotatable bonds is 12. The zero-order valence-electron chi connectivity index (χ0n) is 34.4. The third kappa shape index (κ3) is 10.3. The summed E-state index contributed by atoms with van der Waals surface area (Å²) < 4.78 is 56.5. The van der Waals surface area contributed by atoms with Gasteiger partial charge in [-0.3, -0.25) is 14.7 Å². The van der Waals surface area contributed by atoms with Gasteiger partial charge in [-0.05, 0) is 122 Å². The summed E-state index contributed by atoms with van der Waals surface area (Å²) in [7, 11) is -4.40. The summed E-state index contributed by atoms with van der Waals surface area (Å²) >= 11 is 12.7. The molecule has 10 nitrogen and oxygen atoms in total. The van der Waals surface area contributed by atoms with Crippen molar-refractivity contribution in [3.8, 4) is 17.2 Å². The molecule has 4 aliphatic rings. The summed E-state index contributed by atoms with van der Waals surface area (Å²) in [5, 5.41) is 10.6. The van der Waals surface area contributed by atoms with Crippen molar-refractivity contribution in [3.63, 3.8) is 0 Å². The fourth-order valence-corrected chi connectivity index (χ4v) is 10.2. The van der Waals surface area contributed by atoms with Gasteiger partial charge in [-0.1, -0.05) is 54.8 Å². The van der Waals surface area contributed by atoms with Gasteiger partial charge in [0.1, 0.15) is 23.1 Å². The molecule has 322 valence electrons. The molecule has 0 aromatic heterocycles. The number of hydrogen-bond donors (Lipinski definition) is 2. The first-order chi connectivity index (χ1) is 29.2. The number of nitrogens with one attached hydrogen (secondary N) is 1. The molecule has 8 rings (SSSR count). The van der Waals surface area contributed by atoms with E-state index in [1.165, 1.54) is 53.1 Å². The highest BCUT2D eigenvalue weighted by molar-refractivity contribution is 7.90. The Morgan fingerprint density at radius 3 is 2.43 bits per heavy atom. The summed E-state index contributed by atoms with van der Waals surface area (Å²) in [5.41, 5.74) is 6.29. The molecule has 0 unspecified atom stereocenters. The first-order valence-corrected chi connectivity index (χ1v) is 23.2. The van der Waals surface area contributed by atoms with Crippen LogP contribution in [-0.2, 0) is 16.6 Å². The fraction of sp³-hybridized carbons (Fsp3) is 0.404. The number of anilines is 1. The molecule has 4 aromatic rings. The van der Waals surface area contributed by atoms with E-state index in [0.717, 1.165) is 75.3 Å². The van der Waals surface area contributed by atoms with E-state index < -0.39 is 21.7 Å². The molecule has 2 N–H and O–H groups in total. The van der Waals surface area contributed by atoms with Crippen molar-refractivity contribution in [3.05, 3.63) is 116 Å². The Bertz CT molecular complexity index is 2460. The molecule has 2 aliphatic carbocycles. The van der Waals surface area contributed by atoms with Crippen LogP contribution in [0.4, 0.5) is 10.1 Å². The number of halogens is 3. The van der Waals surface area contributed by atoms with Crippen molar-refractivity contribution in [2.45, 2.75) is 76.3 Å². The largest absolute Gasteiger partial charge is 0.492 e. The molecule has 0 radical (unpaired) electrons. The van der Waals surface area contributed by atoms with Crippen molar-refractivity contribution >= 4 is 56.6 Å². The van der Waals surface area contributed by atoms with Crippen LogP contribution in [0.3, 0.4) is 0 Å². The average molecular weight is 890 g/mol. The van der Waals surface area contributed by atoms with Crippen molar-refractivity contribution in [1.29, 1.82) is 0 Å². The van der Waals surface area contributed by atoms with E-state index in [-0.39, 0.29) is 44.4 Å². The molecule has 2 fully saturated rings. The van der Waals surface area contributed by atoms with E-state index in [2.05, 4.69) is 45.5 Å². The zero-order valence-corrected chi connectivity index (χ0v) is 36.8. The van der Waals surface area contributed by atoms with Gasteiger partial charge in [0.2, 0.25) is 0 Å². The van der Waals surface area contributed by atoms with Crippen LogP contribution >= 0.6 is 23.2 Å². The molecule has 14 heteroatoms. The van der Waals surface area contributed by atoms with E-state index in [9.17, 15) is 22.7 Å². The Balaban J connectivity index is 0.996. The maximum atomic E-state index is 14.8. The second-order valence-corrected chi connectivity index (χ2v) is 20.0. The Hall–Kier alpha value is -4.46. The normalized spacial score (nSPS) is 20.4. The topological polar surface area (TPSA) is 121 Å². The predicted octanol–water partition coefficient (Wildman–Crippen LogP) is 9.69. The Kier molecular flexibility index (Phi) is 12.8. The van der Waals surface area contributed by atoms with E-state index in [4.69, 9.17) is 32.7 Å². The molecular weight excluding hydrogens is 839 g/mol. The minimum atomic E-state index is -4.40. The Morgan fingerprint density at radius 2 is 1.69 bits per heavy atom. The molecule has 1 saturated heterocycles. The van der Waals surface area contributed by atoms with Crippen LogP contribution in [0.15, 0.2) is 88.3 Å². The molecule has 61 heavy (non-hydrogen) atoms. The average Bonchev–Trinajstić information content (AvgIpc) is 3.71. The molecule has 1 amide bonds. The van der Waals surface area contributed by atoms with Crippen LogP contribution < -0.4 is 19.1 Å². The van der Waals surface area contributed by atoms with Crippen molar-refractivity contribution < 1.29 is 32.2 Å². The van der Waals surface area contributed by atoms with Gasteiger partial charge in [0.15, 0.2) is 0 Å². The first-order valence-electron chi connectivity index (χ1n) is 21.0. The van der Waals surface area contributed by atoms with Crippen molar-refractivity contribution in [1.82, 2.24) is 9.62 Å². The zero-order chi connectivity index (χ0) is 42.9. The summed E-state index contributed by atoms with van der Waals surface area (Å²) in [6.45, 7) is 9.27. The number of amides is 1. The van der Waals surface area contributed by atoms with Gasteiger partial charge in [0.05, 0.1) is 34.7 Å². The molecule has 0 spiro atoms. The molecular formula is C47H51Cl2FN4O6S. The third-order valence-corrected chi connectivity index (χ3v) is 14.2. The SMILES string of the molecule is CC1(C)CCC(CN2CCN(c3ccc(C(=O)NS(=O)(=O)c4ccc(OCC5CCC(O)CC5)c(Cl)c4)c(Oc4cc(F)cc5c4C=NC5)c3)CC2)=C(c2ccc(Cl)cc2)C1. The van der Waals surface area contributed by atoms with Gasteiger partial charge in [0, 0.05) is 67.3 Å². The lowest BCUT2D eigenvalue weighted by Crippen LogP contribution is -2.47. The second-order valence-electron chi connectivity index (χ2n) is 17.4. The fourth-order valence-electron chi connectivity index (χ4n) is 8.76. The standard InChI is InChI=1S/C47H51Cl2FN4O6S/c1-47(2)16-15-32(40(25-47)31-5-7-34(48)8-6-31)28-53-17-19-54(20-18-53)36-9-13-39(45(23-36)60-44-22-35(50)21-33-26-51-27-41(33)44)46(56)52-61(57,58)38-12-14-43(42(49)24-38)59-29-30-3-10-37(55)11-4-30/h5-9,12-14,21-24,27,30,37,55H,3-4,10-11,15-20,25-26,28-29H2,1-2H3,(H,52,56). The molecule has 4 aromatic carbocycles. The van der Waals surface area contributed by atoms with E-state index in [0.29, 0.717) is 43.1 Å². The maximum Gasteiger partial charge on any atom is 0.268 e. The van der Waals surface area contributed by atoms with Crippen LogP contribution in [0.25, 0.3) is 5.57 Å². The molecule has 1 saturated carbocycles. The number of allylic oxidation sites excluding steroid dienone is 1. The number of benzene rings is 4. The quantitative estimate of drug-likeness (QED) is 0.144. The predicted molar refractivity (Wildman–Crippen MR) is 238 cm³/mol. The lowest BCUT2D eigenvalue weighted by atomic mass is 9.72. The number of piperazine rings is 1. The lowest BCUT2D eigenvalue weighted by molar-refractivity contribution is 0.0917. The van der Waals surface area contributed by atoms with Gasteiger partial charge < -0.3 is 19.5 Å². The van der Waals surface area contributed by atoms with Gasteiger partial charge in [-0.25, -0.2) is 17.5 Å². The number of hydrogen-bond acceptors (Lipinski definition) is 9. The minimum absolute atomic E-state index is 0.0514. The third-order valence-electron chi connectivity index (χ3n) is 12.4. The van der Waals surface area contributed by atoms with E-state index >= 15 is 0 Å². The van der Waals surface area contributed by atoms with Gasteiger partial charge >= 0.3 is 0 Å². The highest BCUT2D eigenvalue weighted by atomic mass is 35.5. The number of sulfonamides is 1. The van der Waals surface area contributed by atoms with Crippen LogP contribution in [0.2, 0.25) is 10.0 Å². The number of fused-ring (bicyclic) bond motifs is 1. The smallest absolute Gasteiger partial charge is 0.268 e. The van der Waals surface area contributed by atoms with Crippen LogP contribution in [0.5, 0.6) is 17.2 Å². The summed E-state index contributed by atoms with van der Waals surface area (Å²) in [6, 6.07) is 19.9. The summed E-state index contributed by atoms with van der Waals surface area (Å²) in [5.74, 6) is -0.610. The van der Waals surface area contributed by atoms with Crippen LogP contribution in [0.1, 0.15) is 85.8 Å². The number of aliphatic hydroxyl groups excluding tert-OH is 1. The van der Waals surface area contributed by atoms with E-state index in [1.54, 1.807) is 18.3 Å². The molecule has 0 bridgehead atoms. The highest BCUT2D eigenvalue weighted by Gasteiger charge is 2.31. The number of aliphatic imine (C=N–C) groups is 1. The number of carbonyl (C=O) groups excluding carboxylic acids is 1. The molecule has 0 atom stereocenters. The van der Waals surface area contributed by atoms with E-state index in [1.807, 2.05) is 12.1 Å². The lowest BCUT2D eigenvalue weighted by Gasteiger charge is -2.39. The number of carbonyl (C=O) groups is 1. The maximum absolute atomic E-state index is 14.8. The summed E-state index contributed by atoms with van der Waals surface area (Å²) in [6.07, 6.45) is 7.61. The second kappa shape index (κ2) is 18.1. The van der Waals surface area contributed by atoms with Crippen LogP contribution in [0, 0.1) is 17.2 Å². The molecule has 2 aliphatic heterocycles. The number of nitrogens with zero attached hydrogens (tertiary/aromatic N) is 3. The van der Waals surface area contributed by atoms with Gasteiger partial charge in [-0.2, -0.15) is 0 Å². The monoisotopic (exact) mass is 888 g/mol. The van der Waals surface area contributed by atoms with Crippen molar-refractivity contribution in [2.24, 2.45) is 16.3 Å². The van der Waals surface area contributed by atoms with Crippen LogP contribution in [-0.4, -0.2) is 76.0 Å². The molecule has 2 heterocycles.